The first-order valence-electron chi connectivity index (χ1n) is 9.39. The van der Waals surface area contributed by atoms with Crippen LogP contribution in [0.4, 0.5) is 0 Å². The number of nitrogens with one attached hydrogen (secondary N) is 1. The Morgan fingerprint density at radius 3 is 1.79 bits per heavy atom. The molecule has 0 saturated heterocycles. The predicted octanol–water partition coefficient (Wildman–Crippen LogP) is 2.31. The maximum absolute atomic E-state index is 12.4. The first-order valence-corrected chi connectivity index (χ1v) is 9.39. The quantitative estimate of drug-likeness (QED) is 0.534. The second kappa shape index (κ2) is 11.8. The molecule has 2 unspecified atom stereocenters. The van der Waals surface area contributed by atoms with E-state index in [1.807, 2.05) is 0 Å². The van der Waals surface area contributed by atoms with E-state index in [1.54, 1.807) is 0 Å². The Bertz CT molecular complexity index is 337. The van der Waals surface area contributed by atoms with Crippen LogP contribution in [0.2, 0.25) is 0 Å². The van der Waals surface area contributed by atoms with Crippen LogP contribution in [-0.2, 0) is 4.79 Å². The van der Waals surface area contributed by atoms with Gasteiger partial charge in [-0.2, -0.15) is 0 Å². The van der Waals surface area contributed by atoms with Crippen molar-refractivity contribution in [1.82, 2.24) is 15.1 Å². The maximum Gasteiger partial charge on any atom is 0.237 e. The van der Waals surface area contributed by atoms with Crippen LogP contribution in [-0.4, -0.2) is 69.1 Å². The van der Waals surface area contributed by atoms with E-state index in [9.17, 15) is 4.79 Å². The molecule has 0 spiro atoms. The van der Waals surface area contributed by atoms with E-state index in [0.29, 0.717) is 0 Å². The monoisotopic (exact) mass is 342 g/mol. The summed E-state index contributed by atoms with van der Waals surface area (Å²) in [4.78, 5) is 16.8. The molecule has 0 aliphatic heterocycles. The van der Waals surface area contributed by atoms with Gasteiger partial charge < -0.3 is 20.9 Å². The van der Waals surface area contributed by atoms with Crippen molar-refractivity contribution in [2.75, 3.05) is 41.3 Å². The minimum absolute atomic E-state index is 0.00684. The van der Waals surface area contributed by atoms with Crippen LogP contribution in [0.3, 0.4) is 0 Å². The third-order valence-electron chi connectivity index (χ3n) is 4.42. The first-order chi connectivity index (χ1) is 11.0. The second-order valence-electron chi connectivity index (χ2n) is 8.63. The van der Waals surface area contributed by atoms with Crippen LogP contribution in [0.25, 0.3) is 0 Å². The number of hydrogen-bond acceptors (Lipinski definition) is 4. The molecule has 0 saturated carbocycles. The van der Waals surface area contributed by atoms with Crippen molar-refractivity contribution in [2.24, 2.45) is 11.1 Å². The number of nitrogens with two attached hydrogens (primary N) is 1. The molecule has 0 bridgehead atoms. The van der Waals surface area contributed by atoms with Gasteiger partial charge in [-0.25, -0.2) is 0 Å². The highest BCUT2D eigenvalue weighted by Crippen LogP contribution is 2.23. The summed E-state index contributed by atoms with van der Waals surface area (Å²) >= 11 is 0. The molecule has 0 aromatic rings. The van der Waals surface area contributed by atoms with Crippen LogP contribution < -0.4 is 11.1 Å². The Balaban J connectivity index is 4.28. The highest BCUT2D eigenvalue weighted by molar-refractivity contribution is 5.81. The number of carbonyl (C=O) groups excluding carboxylic acids is 1. The van der Waals surface area contributed by atoms with Gasteiger partial charge in [0.05, 0.1) is 6.04 Å². The zero-order valence-corrected chi connectivity index (χ0v) is 17.2. The summed E-state index contributed by atoms with van der Waals surface area (Å²) in [6.45, 7) is 8.70. The SMILES string of the molecule is CN(C)CCCCC(N)C(=O)NC(CCCCN(C)C)C(C)(C)C. The van der Waals surface area contributed by atoms with E-state index in [-0.39, 0.29) is 17.4 Å². The fourth-order valence-electron chi connectivity index (χ4n) is 2.70. The van der Waals surface area contributed by atoms with Gasteiger partial charge in [-0.1, -0.05) is 33.6 Å². The van der Waals surface area contributed by atoms with Gasteiger partial charge in [0.25, 0.3) is 0 Å². The Labute approximate surface area is 150 Å². The maximum atomic E-state index is 12.4. The largest absolute Gasteiger partial charge is 0.351 e. The minimum Gasteiger partial charge on any atom is -0.351 e. The minimum atomic E-state index is -0.390. The van der Waals surface area contributed by atoms with E-state index in [0.717, 1.165) is 51.6 Å². The lowest BCUT2D eigenvalue weighted by Gasteiger charge is -2.32. The summed E-state index contributed by atoms with van der Waals surface area (Å²) in [5.41, 5.74) is 6.14. The molecule has 1 amide bonds. The zero-order valence-electron chi connectivity index (χ0n) is 17.2. The summed E-state index contributed by atoms with van der Waals surface area (Å²) in [5, 5.41) is 3.21. The van der Waals surface area contributed by atoms with E-state index in [2.05, 4.69) is 64.1 Å². The fourth-order valence-corrected chi connectivity index (χ4v) is 2.70. The fraction of sp³-hybridized carbons (Fsp3) is 0.947. The first kappa shape index (κ1) is 23.4. The summed E-state index contributed by atoms with van der Waals surface area (Å²) in [5.74, 6) is 0.00684. The van der Waals surface area contributed by atoms with Crippen molar-refractivity contribution in [3.05, 3.63) is 0 Å². The molecule has 5 nitrogen and oxygen atoms in total. The van der Waals surface area contributed by atoms with Crippen LogP contribution in [0.5, 0.6) is 0 Å². The molecule has 0 fully saturated rings. The van der Waals surface area contributed by atoms with Crippen LogP contribution in [0.1, 0.15) is 59.3 Å². The summed E-state index contributed by atoms with van der Waals surface area (Å²) in [6.07, 6.45) is 6.13. The Morgan fingerprint density at radius 1 is 0.917 bits per heavy atom. The van der Waals surface area contributed by atoms with Gasteiger partial charge in [0.15, 0.2) is 0 Å². The number of carbonyl (C=O) groups is 1. The van der Waals surface area contributed by atoms with Gasteiger partial charge in [0.2, 0.25) is 5.91 Å². The molecule has 0 rings (SSSR count). The van der Waals surface area contributed by atoms with Crippen molar-refractivity contribution in [3.63, 3.8) is 0 Å². The molecular weight excluding hydrogens is 300 g/mol. The summed E-state index contributed by atoms with van der Waals surface area (Å²) in [7, 11) is 8.32. The van der Waals surface area contributed by atoms with Gasteiger partial charge in [0, 0.05) is 6.04 Å². The van der Waals surface area contributed by atoms with Gasteiger partial charge in [-0.3, -0.25) is 4.79 Å². The lowest BCUT2D eigenvalue weighted by molar-refractivity contribution is -0.124. The van der Waals surface area contributed by atoms with E-state index >= 15 is 0 Å². The zero-order chi connectivity index (χ0) is 18.8. The molecule has 0 aliphatic carbocycles. The molecule has 24 heavy (non-hydrogen) atoms. The van der Waals surface area contributed by atoms with Crippen molar-refractivity contribution in [3.8, 4) is 0 Å². The summed E-state index contributed by atoms with van der Waals surface area (Å²) in [6, 6.07) is -0.209. The highest BCUT2D eigenvalue weighted by Gasteiger charge is 2.27. The lowest BCUT2D eigenvalue weighted by Crippen LogP contribution is -2.50. The van der Waals surface area contributed by atoms with Gasteiger partial charge >= 0.3 is 0 Å². The molecule has 5 heteroatoms. The molecule has 0 aromatic heterocycles. The predicted molar refractivity (Wildman–Crippen MR) is 104 cm³/mol. The Morgan fingerprint density at radius 2 is 1.38 bits per heavy atom. The second-order valence-corrected chi connectivity index (χ2v) is 8.63. The molecule has 144 valence electrons. The smallest absolute Gasteiger partial charge is 0.237 e. The van der Waals surface area contributed by atoms with Crippen LogP contribution in [0, 0.1) is 5.41 Å². The molecule has 0 aliphatic rings. The molecule has 3 N–H and O–H groups in total. The molecule has 0 heterocycles. The molecule has 0 radical (unpaired) electrons. The van der Waals surface area contributed by atoms with E-state index in [1.165, 1.54) is 0 Å². The third-order valence-corrected chi connectivity index (χ3v) is 4.42. The topological polar surface area (TPSA) is 61.6 Å². The average molecular weight is 343 g/mol. The van der Waals surface area contributed by atoms with Crippen molar-refractivity contribution < 1.29 is 4.79 Å². The van der Waals surface area contributed by atoms with Crippen molar-refractivity contribution >= 4 is 5.91 Å². The van der Waals surface area contributed by atoms with Gasteiger partial charge in [-0.05, 0) is 72.4 Å². The number of hydrogen-bond donors (Lipinski definition) is 2. The average Bonchev–Trinajstić information content (AvgIpc) is 2.44. The number of amides is 1. The molecule has 2 atom stereocenters. The van der Waals surface area contributed by atoms with E-state index < -0.39 is 6.04 Å². The van der Waals surface area contributed by atoms with Crippen molar-refractivity contribution in [1.29, 1.82) is 0 Å². The van der Waals surface area contributed by atoms with Crippen LogP contribution in [0.15, 0.2) is 0 Å². The van der Waals surface area contributed by atoms with Gasteiger partial charge in [-0.15, -0.1) is 0 Å². The Hall–Kier alpha value is -0.650. The number of unbranched alkanes of at least 4 members (excludes halogenated alkanes) is 2. The number of nitrogens with zero attached hydrogens (tertiary/aromatic N) is 2. The van der Waals surface area contributed by atoms with Crippen molar-refractivity contribution in [2.45, 2.75) is 71.4 Å². The number of rotatable bonds is 12. The molecule has 0 aromatic carbocycles. The summed E-state index contributed by atoms with van der Waals surface area (Å²) < 4.78 is 0. The highest BCUT2D eigenvalue weighted by atomic mass is 16.2. The Kier molecular flexibility index (Phi) is 11.5. The molecular formula is C19H42N4O. The van der Waals surface area contributed by atoms with E-state index in [4.69, 9.17) is 5.73 Å². The van der Waals surface area contributed by atoms with Gasteiger partial charge in [0.1, 0.15) is 0 Å². The standard InChI is InChI=1S/C19H42N4O/c1-19(2,3)17(13-9-11-15-23(6)7)21-18(24)16(20)12-8-10-14-22(4)5/h16-17H,8-15,20H2,1-7H3,(H,21,24). The van der Waals surface area contributed by atoms with Crippen LogP contribution >= 0.6 is 0 Å². The third kappa shape index (κ3) is 11.8. The normalized spacial score (nSPS) is 14.9. The lowest BCUT2D eigenvalue weighted by atomic mass is 9.83.